The van der Waals surface area contributed by atoms with Crippen molar-refractivity contribution in [2.24, 2.45) is 5.92 Å². The largest absolute Gasteiger partial charge is 0.519 e. The Bertz CT molecular complexity index is 79.5. The minimum absolute atomic E-state index is 1.06. The molecular formula is C6H11F3O. The van der Waals surface area contributed by atoms with Gasteiger partial charge in [-0.25, -0.2) is 0 Å². The van der Waals surface area contributed by atoms with E-state index < -0.39 is 6.36 Å². The summed E-state index contributed by atoms with van der Waals surface area (Å²) in [5.41, 5.74) is 0. The molecule has 0 unspecified atom stereocenters. The van der Waals surface area contributed by atoms with E-state index in [0.29, 0.717) is 0 Å². The van der Waals surface area contributed by atoms with Crippen molar-refractivity contribution in [2.75, 3.05) is 0 Å². The van der Waals surface area contributed by atoms with Crippen molar-refractivity contribution in [3.63, 3.8) is 0 Å². The van der Waals surface area contributed by atoms with Crippen LogP contribution in [0.3, 0.4) is 0 Å². The second kappa shape index (κ2) is 3.81. The maximum absolute atomic E-state index is 9.91. The molecule has 0 amide bonds. The molecule has 1 fully saturated rings. The molecule has 0 bridgehead atoms. The number of halogens is 3. The smallest absolute Gasteiger partial charge is 0.308 e. The van der Waals surface area contributed by atoms with Crippen LogP contribution < -0.4 is 0 Å². The average molecular weight is 156 g/mol. The zero-order valence-electron chi connectivity index (χ0n) is 5.78. The highest BCUT2D eigenvalue weighted by Crippen LogP contribution is 2.24. The SMILES string of the molecule is CC1CCC1.OC(F)(F)F. The van der Waals surface area contributed by atoms with E-state index in [1.54, 1.807) is 0 Å². The molecule has 62 valence electrons. The molecule has 1 nitrogen and oxygen atoms in total. The molecule has 0 aromatic carbocycles. The van der Waals surface area contributed by atoms with Gasteiger partial charge in [-0.15, -0.1) is 13.2 Å². The van der Waals surface area contributed by atoms with Gasteiger partial charge in [0.2, 0.25) is 0 Å². The Balaban J connectivity index is 0.000000162. The highest BCUT2D eigenvalue weighted by Gasteiger charge is 2.20. The third kappa shape index (κ3) is 10.7. The summed E-state index contributed by atoms with van der Waals surface area (Å²) in [6.45, 7) is 2.31. The minimum atomic E-state index is -5.00. The monoisotopic (exact) mass is 156 g/mol. The fraction of sp³-hybridized carbons (Fsp3) is 1.00. The van der Waals surface area contributed by atoms with E-state index in [2.05, 4.69) is 6.92 Å². The van der Waals surface area contributed by atoms with E-state index in [1.807, 2.05) is 0 Å². The van der Waals surface area contributed by atoms with Crippen LogP contribution in [0.1, 0.15) is 26.2 Å². The van der Waals surface area contributed by atoms with E-state index in [4.69, 9.17) is 5.11 Å². The van der Waals surface area contributed by atoms with E-state index in [-0.39, 0.29) is 0 Å². The summed E-state index contributed by atoms with van der Waals surface area (Å²) in [6.07, 6.45) is -0.541. The highest BCUT2D eigenvalue weighted by molar-refractivity contribution is 4.62. The van der Waals surface area contributed by atoms with Gasteiger partial charge < -0.3 is 5.11 Å². The predicted octanol–water partition coefficient (Wildman–Crippen LogP) is 2.30. The normalized spacial score (nSPS) is 18.9. The quantitative estimate of drug-likeness (QED) is 0.570. The van der Waals surface area contributed by atoms with E-state index in [1.165, 1.54) is 19.3 Å². The maximum atomic E-state index is 9.91. The van der Waals surface area contributed by atoms with Gasteiger partial charge in [-0.1, -0.05) is 26.2 Å². The minimum Gasteiger partial charge on any atom is -0.308 e. The molecule has 0 aliphatic heterocycles. The van der Waals surface area contributed by atoms with E-state index in [0.717, 1.165) is 5.92 Å². The zero-order chi connectivity index (χ0) is 8.20. The van der Waals surface area contributed by atoms with Crippen molar-refractivity contribution in [3.8, 4) is 0 Å². The summed E-state index contributed by atoms with van der Waals surface area (Å²) in [4.78, 5) is 0. The number of aliphatic hydroxyl groups is 1. The molecule has 4 heteroatoms. The Morgan fingerprint density at radius 3 is 1.50 bits per heavy atom. The van der Waals surface area contributed by atoms with Gasteiger partial charge in [0, 0.05) is 0 Å². The highest BCUT2D eigenvalue weighted by atomic mass is 19.4. The summed E-state index contributed by atoms with van der Waals surface area (Å²) >= 11 is 0. The second-order valence-corrected chi connectivity index (χ2v) is 2.50. The van der Waals surface area contributed by atoms with Crippen LogP contribution in [-0.2, 0) is 0 Å². The van der Waals surface area contributed by atoms with Crippen LogP contribution in [0.2, 0.25) is 0 Å². The van der Waals surface area contributed by atoms with Crippen molar-refractivity contribution >= 4 is 0 Å². The van der Waals surface area contributed by atoms with E-state index >= 15 is 0 Å². The van der Waals surface area contributed by atoms with Crippen molar-refractivity contribution in [3.05, 3.63) is 0 Å². The zero-order valence-corrected chi connectivity index (χ0v) is 5.78. The molecule has 0 aromatic heterocycles. The van der Waals surface area contributed by atoms with Crippen LogP contribution in [0, 0.1) is 5.92 Å². The van der Waals surface area contributed by atoms with Gasteiger partial charge in [0.1, 0.15) is 0 Å². The third-order valence-electron chi connectivity index (χ3n) is 1.39. The van der Waals surface area contributed by atoms with E-state index in [9.17, 15) is 13.2 Å². The van der Waals surface area contributed by atoms with Crippen molar-refractivity contribution < 1.29 is 18.3 Å². The lowest BCUT2D eigenvalue weighted by molar-refractivity contribution is -0.295. The molecule has 1 aliphatic rings. The summed E-state index contributed by atoms with van der Waals surface area (Å²) in [7, 11) is 0. The fourth-order valence-corrected chi connectivity index (χ4v) is 0.612. The lowest BCUT2D eigenvalue weighted by Gasteiger charge is -2.18. The average Bonchev–Trinajstić information content (AvgIpc) is 1.56. The lowest BCUT2D eigenvalue weighted by Crippen LogP contribution is -2.04. The summed E-state index contributed by atoms with van der Waals surface area (Å²) in [5.74, 6) is 1.06. The number of alkyl halides is 3. The van der Waals surface area contributed by atoms with Crippen molar-refractivity contribution in [1.82, 2.24) is 0 Å². The molecule has 1 N–H and O–H groups in total. The molecule has 0 aromatic rings. The number of hydrogen-bond acceptors (Lipinski definition) is 1. The standard InChI is InChI=1S/C5H10.CHF3O/c1-5-3-2-4-5;2-1(3,4)5/h5H,2-4H2,1H3;5H. The van der Waals surface area contributed by atoms with Gasteiger partial charge in [0.15, 0.2) is 0 Å². The Labute approximate surface area is 57.9 Å². The van der Waals surface area contributed by atoms with Crippen molar-refractivity contribution in [2.45, 2.75) is 32.5 Å². The fourth-order valence-electron chi connectivity index (χ4n) is 0.612. The van der Waals surface area contributed by atoms with Gasteiger partial charge in [0.05, 0.1) is 0 Å². The Morgan fingerprint density at radius 2 is 1.50 bits per heavy atom. The molecule has 0 saturated heterocycles. The summed E-state index contributed by atoms with van der Waals surface area (Å²) in [6, 6.07) is 0. The maximum Gasteiger partial charge on any atom is 0.519 e. The Hall–Kier alpha value is -0.250. The molecule has 0 spiro atoms. The first-order valence-corrected chi connectivity index (χ1v) is 3.18. The molecule has 0 heterocycles. The number of hydrogen-bond donors (Lipinski definition) is 1. The van der Waals surface area contributed by atoms with Crippen LogP contribution in [0.25, 0.3) is 0 Å². The van der Waals surface area contributed by atoms with Gasteiger partial charge in [-0.2, -0.15) is 0 Å². The second-order valence-electron chi connectivity index (χ2n) is 2.50. The molecule has 1 rings (SSSR count). The molecule has 10 heavy (non-hydrogen) atoms. The first-order valence-electron chi connectivity index (χ1n) is 3.18. The van der Waals surface area contributed by atoms with Crippen LogP contribution >= 0.6 is 0 Å². The summed E-state index contributed by atoms with van der Waals surface area (Å²) in [5, 5.41) is 6.52. The third-order valence-corrected chi connectivity index (χ3v) is 1.39. The Kier molecular flexibility index (Phi) is 3.71. The molecule has 1 saturated carbocycles. The van der Waals surface area contributed by atoms with Crippen LogP contribution in [0.5, 0.6) is 0 Å². The first kappa shape index (κ1) is 9.75. The molecule has 0 atom stereocenters. The topological polar surface area (TPSA) is 20.2 Å². The van der Waals surface area contributed by atoms with Crippen LogP contribution in [0.4, 0.5) is 13.2 Å². The van der Waals surface area contributed by atoms with Crippen LogP contribution in [0.15, 0.2) is 0 Å². The number of rotatable bonds is 0. The van der Waals surface area contributed by atoms with Gasteiger partial charge in [0.25, 0.3) is 0 Å². The van der Waals surface area contributed by atoms with Gasteiger partial charge in [-0.3, -0.25) is 0 Å². The lowest BCUT2D eigenvalue weighted by atomic mass is 9.88. The molecule has 1 aliphatic carbocycles. The summed E-state index contributed by atoms with van der Waals surface area (Å²) < 4.78 is 29.7. The van der Waals surface area contributed by atoms with Crippen LogP contribution in [-0.4, -0.2) is 11.5 Å². The molecule has 0 radical (unpaired) electrons. The predicted molar refractivity (Wildman–Crippen MR) is 31.3 cm³/mol. The van der Waals surface area contributed by atoms with Crippen molar-refractivity contribution in [1.29, 1.82) is 0 Å². The molecular weight excluding hydrogens is 145 g/mol. The first-order chi connectivity index (χ1) is 4.39. The Morgan fingerprint density at radius 1 is 1.30 bits per heavy atom. The van der Waals surface area contributed by atoms with Gasteiger partial charge >= 0.3 is 6.36 Å². The van der Waals surface area contributed by atoms with Gasteiger partial charge in [-0.05, 0) is 5.92 Å².